The second-order valence-electron chi connectivity index (χ2n) is 7.14. The summed E-state index contributed by atoms with van der Waals surface area (Å²) in [4.78, 5) is 7.10. The van der Waals surface area contributed by atoms with E-state index >= 15 is 0 Å². The third-order valence-corrected chi connectivity index (χ3v) is 6.77. The van der Waals surface area contributed by atoms with Gasteiger partial charge < -0.3 is 15.5 Å². The Balaban J connectivity index is 0.00000676. The van der Waals surface area contributed by atoms with Crippen molar-refractivity contribution < 1.29 is 8.42 Å². The van der Waals surface area contributed by atoms with Gasteiger partial charge in [-0.2, -0.15) is 0 Å². The van der Waals surface area contributed by atoms with Crippen LogP contribution in [0.5, 0.6) is 0 Å². The predicted octanol–water partition coefficient (Wildman–Crippen LogP) is 1.95. The molecule has 0 radical (unpaired) electrons. The summed E-state index contributed by atoms with van der Waals surface area (Å²) in [5, 5.41) is 6.63. The van der Waals surface area contributed by atoms with E-state index in [-0.39, 0.29) is 29.7 Å². The predicted molar refractivity (Wildman–Crippen MR) is 126 cm³/mol. The Morgan fingerprint density at radius 2 is 1.85 bits per heavy atom. The standard InChI is InChI=1S/C18H39N5O2S.HI/c1-5-19-18(20-11-7-13-22(4)26(24,25)6-2)21-12-8-14-23-15-9-17(3)10-16-23;/h17H,5-16H2,1-4H3,(H2,19,20,21);1H. The first-order valence-electron chi connectivity index (χ1n) is 10.1. The first kappa shape index (κ1) is 26.9. The highest BCUT2D eigenvalue weighted by molar-refractivity contribution is 14.0. The molecule has 27 heavy (non-hydrogen) atoms. The summed E-state index contributed by atoms with van der Waals surface area (Å²) in [7, 11) is -1.46. The third-order valence-electron chi connectivity index (χ3n) is 4.90. The molecule has 0 saturated carbocycles. The van der Waals surface area contributed by atoms with Gasteiger partial charge in [0.25, 0.3) is 0 Å². The molecular formula is C18H40IN5O2S. The molecular weight excluding hydrogens is 477 g/mol. The molecule has 1 aliphatic rings. The zero-order chi connectivity index (χ0) is 19.4. The van der Waals surface area contributed by atoms with Gasteiger partial charge in [-0.3, -0.25) is 4.99 Å². The lowest BCUT2D eigenvalue weighted by molar-refractivity contribution is 0.191. The minimum Gasteiger partial charge on any atom is -0.357 e. The van der Waals surface area contributed by atoms with Crippen LogP contribution in [0, 0.1) is 5.92 Å². The van der Waals surface area contributed by atoms with Crippen molar-refractivity contribution in [1.29, 1.82) is 0 Å². The number of hydrogen-bond acceptors (Lipinski definition) is 4. The second kappa shape index (κ2) is 14.8. The first-order chi connectivity index (χ1) is 12.4. The fourth-order valence-electron chi connectivity index (χ4n) is 2.98. The highest BCUT2D eigenvalue weighted by Crippen LogP contribution is 2.15. The number of halogens is 1. The maximum Gasteiger partial charge on any atom is 0.213 e. The van der Waals surface area contributed by atoms with E-state index in [0.717, 1.165) is 44.4 Å². The molecule has 0 aromatic heterocycles. The highest BCUT2D eigenvalue weighted by atomic mass is 127. The summed E-state index contributed by atoms with van der Waals surface area (Å²) in [6.45, 7) is 12.5. The monoisotopic (exact) mass is 517 g/mol. The van der Waals surface area contributed by atoms with Crippen LogP contribution in [0.1, 0.15) is 46.5 Å². The van der Waals surface area contributed by atoms with Gasteiger partial charge in [0.2, 0.25) is 10.0 Å². The molecule has 7 nitrogen and oxygen atoms in total. The minimum absolute atomic E-state index is 0. The highest BCUT2D eigenvalue weighted by Gasteiger charge is 2.15. The Morgan fingerprint density at radius 1 is 1.19 bits per heavy atom. The van der Waals surface area contributed by atoms with Gasteiger partial charge in [-0.1, -0.05) is 6.92 Å². The summed E-state index contributed by atoms with van der Waals surface area (Å²) >= 11 is 0. The van der Waals surface area contributed by atoms with E-state index < -0.39 is 10.0 Å². The Bertz CT molecular complexity index is 508. The molecule has 162 valence electrons. The summed E-state index contributed by atoms with van der Waals surface area (Å²) < 4.78 is 24.8. The largest absolute Gasteiger partial charge is 0.357 e. The minimum atomic E-state index is -3.09. The van der Waals surface area contributed by atoms with Crippen molar-refractivity contribution in [3.05, 3.63) is 0 Å². The lowest BCUT2D eigenvalue weighted by Crippen LogP contribution is -2.40. The van der Waals surface area contributed by atoms with E-state index in [9.17, 15) is 8.42 Å². The maximum atomic E-state index is 11.7. The van der Waals surface area contributed by atoms with Gasteiger partial charge in [0.05, 0.1) is 5.75 Å². The molecule has 0 spiro atoms. The molecule has 0 unspecified atom stereocenters. The van der Waals surface area contributed by atoms with Gasteiger partial charge in [-0.15, -0.1) is 24.0 Å². The Morgan fingerprint density at radius 3 is 2.44 bits per heavy atom. The molecule has 1 saturated heterocycles. The maximum absolute atomic E-state index is 11.7. The Labute approximate surface area is 183 Å². The molecule has 0 atom stereocenters. The summed E-state index contributed by atoms with van der Waals surface area (Å²) in [6, 6.07) is 0. The smallest absolute Gasteiger partial charge is 0.213 e. The molecule has 1 rings (SSSR count). The van der Waals surface area contributed by atoms with E-state index in [1.807, 2.05) is 6.92 Å². The molecule has 0 aromatic carbocycles. The molecule has 0 aromatic rings. The van der Waals surface area contributed by atoms with Crippen molar-refractivity contribution in [2.75, 3.05) is 58.6 Å². The summed E-state index contributed by atoms with van der Waals surface area (Å²) in [5.74, 6) is 1.84. The average Bonchev–Trinajstić information content (AvgIpc) is 2.63. The first-order valence-corrected chi connectivity index (χ1v) is 11.7. The van der Waals surface area contributed by atoms with Gasteiger partial charge in [0.1, 0.15) is 0 Å². The molecule has 0 amide bonds. The number of hydrogen-bond donors (Lipinski definition) is 2. The van der Waals surface area contributed by atoms with Crippen LogP contribution in [0.4, 0.5) is 0 Å². The number of aliphatic imine (C=N–C) groups is 1. The van der Waals surface area contributed by atoms with E-state index in [2.05, 4.69) is 27.4 Å². The van der Waals surface area contributed by atoms with Gasteiger partial charge >= 0.3 is 0 Å². The molecule has 1 fully saturated rings. The van der Waals surface area contributed by atoms with Crippen molar-refractivity contribution in [2.24, 2.45) is 10.9 Å². The SMILES string of the molecule is CCNC(=NCCCN(C)S(=O)(=O)CC)NCCCN1CCC(C)CC1.I. The molecule has 2 N–H and O–H groups in total. The Kier molecular flexibility index (Phi) is 14.7. The van der Waals surface area contributed by atoms with Crippen LogP contribution in [-0.4, -0.2) is 82.2 Å². The van der Waals surface area contributed by atoms with E-state index in [1.165, 1.54) is 30.2 Å². The van der Waals surface area contributed by atoms with Crippen molar-refractivity contribution >= 4 is 40.0 Å². The molecule has 0 aliphatic carbocycles. The Hall–Kier alpha value is -0.130. The van der Waals surface area contributed by atoms with Crippen LogP contribution in [0.15, 0.2) is 4.99 Å². The van der Waals surface area contributed by atoms with Gasteiger partial charge in [0.15, 0.2) is 5.96 Å². The summed E-state index contributed by atoms with van der Waals surface area (Å²) in [5.41, 5.74) is 0. The number of sulfonamides is 1. The number of rotatable bonds is 11. The van der Waals surface area contributed by atoms with Crippen molar-refractivity contribution in [2.45, 2.75) is 46.5 Å². The normalized spacial score (nSPS) is 17.0. The van der Waals surface area contributed by atoms with Crippen LogP contribution >= 0.6 is 24.0 Å². The number of guanidine groups is 1. The third kappa shape index (κ3) is 11.5. The van der Waals surface area contributed by atoms with E-state index in [0.29, 0.717) is 13.1 Å². The lowest BCUT2D eigenvalue weighted by atomic mass is 9.99. The van der Waals surface area contributed by atoms with Crippen molar-refractivity contribution in [3.63, 3.8) is 0 Å². The van der Waals surface area contributed by atoms with Gasteiger partial charge in [0, 0.05) is 33.2 Å². The number of nitrogens with zero attached hydrogens (tertiary/aromatic N) is 3. The zero-order valence-corrected chi connectivity index (χ0v) is 20.7. The number of likely N-dealkylation sites (tertiary alicyclic amines) is 1. The fourth-order valence-corrected chi connectivity index (χ4v) is 3.83. The second-order valence-corrected chi connectivity index (χ2v) is 9.51. The van der Waals surface area contributed by atoms with Crippen molar-refractivity contribution in [1.82, 2.24) is 19.8 Å². The van der Waals surface area contributed by atoms with Crippen LogP contribution in [0.3, 0.4) is 0 Å². The quantitative estimate of drug-likeness (QED) is 0.190. The molecule has 1 heterocycles. The van der Waals surface area contributed by atoms with Crippen molar-refractivity contribution in [3.8, 4) is 0 Å². The lowest BCUT2D eigenvalue weighted by Gasteiger charge is -2.30. The number of nitrogens with one attached hydrogen (secondary N) is 2. The summed E-state index contributed by atoms with van der Waals surface area (Å²) in [6.07, 6.45) is 4.47. The van der Waals surface area contributed by atoms with Crippen LogP contribution in [0.25, 0.3) is 0 Å². The van der Waals surface area contributed by atoms with Gasteiger partial charge in [-0.25, -0.2) is 12.7 Å². The zero-order valence-electron chi connectivity index (χ0n) is 17.5. The number of piperidine rings is 1. The van der Waals surface area contributed by atoms with Gasteiger partial charge in [-0.05, 0) is 65.1 Å². The van der Waals surface area contributed by atoms with Crippen LogP contribution in [0.2, 0.25) is 0 Å². The van der Waals surface area contributed by atoms with E-state index in [1.54, 1.807) is 14.0 Å². The fraction of sp³-hybridized carbons (Fsp3) is 0.944. The van der Waals surface area contributed by atoms with Crippen LogP contribution < -0.4 is 10.6 Å². The van der Waals surface area contributed by atoms with E-state index in [4.69, 9.17) is 0 Å². The molecule has 9 heteroatoms. The topological polar surface area (TPSA) is 77.0 Å². The average molecular weight is 518 g/mol. The molecule has 0 bridgehead atoms. The van der Waals surface area contributed by atoms with Crippen LogP contribution in [-0.2, 0) is 10.0 Å². The molecule has 1 aliphatic heterocycles.